The van der Waals surface area contributed by atoms with Gasteiger partial charge in [-0.1, -0.05) is 48.0 Å². The van der Waals surface area contributed by atoms with Gasteiger partial charge in [-0.15, -0.1) is 0 Å². The molecular weight excluding hydrogens is 412 g/mol. The van der Waals surface area contributed by atoms with Gasteiger partial charge in [-0.2, -0.15) is 5.26 Å². The van der Waals surface area contributed by atoms with Crippen LogP contribution in [0, 0.1) is 11.3 Å². The number of rotatable bonds is 7. The highest BCUT2D eigenvalue weighted by molar-refractivity contribution is 6.31. The molecule has 31 heavy (non-hydrogen) atoms. The molecule has 0 radical (unpaired) electrons. The fraction of sp³-hybridized carbons (Fsp3) is 0.375. The van der Waals surface area contributed by atoms with Crippen LogP contribution in [0.5, 0.6) is 0 Å². The summed E-state index contributed by atoms with van der Waals surface area (Å²) < 4.78 is 0. The van der Waals surface area contributed by atoms with E-state index in [2.05, 4.69) is 11.0 Å². The number of halogens is 1. The number of para-hydroxylation sites is 1. The van der Waals surface area contributed by atoms with Gasteiger partial charge in [0.05, 0.1) is 25.0 Å². The predicted molar refractivity (Wildman–Crippen MR) is 122 cm³/mol. The molecule has 1 aliphatic heterocycles. The second-order valence-electron chi connectivity index (χ2n) is 7.59. The molecule has 0 spiro atoms. The number of benzene rings is 2. The molecular formula is C24H27ClN4O2. The fourth-order valence-electron chi connectivity index (χ4n) is 3.79. The SMILES string of the molecule is CC(C(=O)N(CCC#N)c1ccccc1)N1CCN(C(=O)Cc2ccccc2Cl)CC1. The Morgan fingerprint density at radius 1 is 1.06 bits per heavy atom. The maximum Gasteiger partial charge on any atom is 0.244 e. The second kappa shape index (κ2) is 10.9. The van der Waals surface area contributed by atoms with E-state index in [1.54, 1.807) is 11.0 Å². The predicted octanol–water partition coefficient (Wildman–Crippen LogP) is 3.36. The molecule has 1 atom stereocenters. The molecule has 0 bridgehead atoms. The summed E-state index contributed by atoms with van der Waals surface area (Å²) in [5.41, 5.74) is 1.62. The lowest BCUT2D eigenvalue weighted by atomic mass is 10.1. The normalized spacial score (nSPS) is 15.2. The average molecular weight is 439 g/mol. The Hall–Kier alpha value is -2.88. The minimum atomic E-state index is -0.334. The van der Waals surface area contributed by atoms with Crippen LogP contribution < -0.4 is 4.90 Å². The van der Waals surface area contributed by atoms with Gasteiger partial charge in [-0.05, 0) is 30.7 Å². The number of piperazine rings is 1. The van der Waals surface area contributed by atoms with Crippen molar-refractivity contribution in [2.45, 2.75) is 25.8 Å². The van der Waals surface area contributed by atoms with Crippen LogP contribution in [0.15, 0.2) is 54.6 Å². The quantitative estimate of drug-likeness (QED) is 0.664. The average Bonchev–Trinajstić information content (AvgIpc) is 2.81. The molecule has 0 saturated carbocycles. The minimum absolute atomic E-state index is 0.0303. The largest absolute Gasteiger partial charge is 0.340 e. The Kier molecular flexibility index (Phi) is 8.05. The summed E-state index contributed by atoms with van der Waals surface area (Å²) in [6, 6.07) is 18.6. The number of nitriles is 1. The van der Waals surface area contributed by atoms with Gasteiger partial charge in [0.2, 0.25) is 11.8 Å². The Morgan fingerprint density at radius 2 is 1.71 bits per heavy atom. The van der Waals surface area contributed by atoms with Gasteiger partial charge in [-0.25, -0.2) is 0 Å². The van der Waals surface area contributed by atoms with E-state index in [4.69, 9.17) is 16.9 Å². The van der Waals surface area contributed by atoms with E-state index in [9.17, 15) is 9.59 Å². The van der Waals surface area contributed by atoms with Gasteiger partial charge >= 0.3 is 0 Å². The highest BCUT2D eigenvalue weighted by atomic mass is 35.5. The van der Waals surface area contributed by atoms with Gasteiger partial charge in [0.25, 0.3) is 0 Å². The van der Waals surface area contributed by atoms with Crippen LogP contribution in [0.3, 0.4) is 0 Å². The first-order valence-electron chi connectivity index (χ1n) is 10.5. The van der Waals surface area contributed by atoms with Crippen molar-refractivity contribution in [3.8, 4) is 6.07 Å². The van der Waals surface area contributed by atoms with Gasteiger partial charge in [-0.3, -0.25) is 14.5 Å². The van der Waals surface area contributed by atoms with Gasteiger partial charge < -0.3 is 9.80 Å². The molecule has 0 aliphatic carbocycles. The molecule has 2 aromatic rings. The maximum absolute atomic E-state index is 13.2. The van der Waals surface area contributed by atoms with Crippen molar-refractivity contribution < 1.29 is 9.59 Å². The van der Waals surface area contributed by atoms with Crippen LogP contribution in [0.25, 0.3) is 0 Å². The van der Waals surface area contributed by atoms with Gasteiger partial charge in [0, 0.05) is 43.4 Å². The van der Waals surface area contributed by atoms with Crippen molar-refractivity contribution in [2.75, 3.05) is 37.6 Å². The van der Waals surface area contributed by atoms with Gasteiger partial charge in [0.1, 0.15) is 0 Å². The zero-order valence-corrected chi connectivity index (χ0v) is 18.5. The van der Waals surface area contributed by atoms with Crippen molar-refractivity contribution in [2.24, 2.45) is 0 Å². The van der Waals surface area contributed by atoms with E-state index in [0.717, 1.165) is 11.3 Å². The lowest BCUT2D eigenvalue weighted by Crippen LogP contribution is -2.56. The molecule has 0 N–H and O–H groups in total. The van der Waals surface area contributed by atoms with Crippen molar-refractivity contribution in [1.82, 2.24) is 9.80 Å². The van der Waals surface area contributed by atoms with E-state index >= 15 is 0 Å². The fourth-order valence-corrected chi connectivity index (χ4v) is 4.00. The molecule has 1 aliphatic rings. The summed E-state index contributed by atoms with van der Waals surface area (Å²) >= 11 is 6.18. The lowest BCUT2D eigenvalue weighted by molar-refractivity contribution is -0.133. The van der Waals surface area contributed by atoms with E-state index < -0.39 is 0 Å². The van der Waals surface area contributed by atoms with Crippen molar-refractivity contribution in [1.29, 1.82) is 5.26 Å². The Morgan fingerprint density at radius 3 is 2.35 bits per heavy atom. The molecule has 6 nitrogen and oxygen atoms in total. The van der Waals surface area contributed by atoms with Crippen LogP contribution in [-0.2, 0) is 16.0 Å². The number of carbonyl (C=O) groups is 2. The first-order chi connectivity index (χ1) is 15.0. The Balaban J connectivity index is 1.59. The van der Waals surface area contributed by atoms with Crippen LogP contribution in [-0.4, -0.2) is 60.4 Å². The van der Waals surface area contributed by atoms with Crippen molar-refractivity contribution >= 4 is 29.1 Å². The molecule has 0 aromatic heterocycles. The van der Waals surface area contributed by atoms with E-state index in [-0.39, 0.29) is 30.7 Å². The topological polar surface area (TPSA) is 67.7 Å². The Bertz CT molecular complexity index is 936. The third-order valence-electron chi connectivity index (χ3n) is 5.65. The second-order valence-corrected chi connectivity index (χ2v) is 8.00. The number of hydrogen-bond acceptors (Lipinski definition) is 4. The molecule has 162 valence electrons. The zero-order valence-electron chi connectivity index (χ0n) is 17.7. The summed E-state index contributed by atoms with van der Waals surface area (Å²) in [4.78, 5) is 31.5. The number of anilines is 1. The highest BCUT2D eigenvalue weighted by Gasteiger charge is 2.30. The van der Waals surface area contributed by atoms with Crippen LogP contribution in [0.4, 0.5) is 5.69 Å². The molecule has 1 unspecified atom stereocenters. The van der Waals surface area contributed by atoms with E-state index in [0.29, 0.717) is 37.7 Å². The number of hydrogen-bond donors (Lipinski definition) is 0. The van der Waals surface area contributed by atoms with Crippen molar-refractivity contribution in [3.05, 3.63) is 65.2 Å². The third-order valence-corrected chi connectivity index (χ3v) is 6.02. The lowest BCUT2D eigenvalue weighted by Gasteiger charge is -2.39. The molecule has 2 aromatic carbocycles. The molecule has 2 amide bonds. The Labute approximate surface area is 188 Å². The van der Waals surface area contributed by atoms with Crippen molar-refractivity contribution in [3.63, 3.8) is 0 Å². The number of amides is 2. The van der Waals surface area contributed by atoms with E-state index in [1.807, 2.05) is 60.4 Å². The molecule has 7 heteroatoms. The third kappa shape index (κ3) is 5.84. The first-order valence-corrected chi connectivity index (χ1v) is 10.9. The summed E-state index contributed by atoms with van der Waals surface area (Å²) in [6.45, 7) is 4.66. The highest BCUT2D eigenvalue weighted by Crippen LogP contribution is 2.19. The zero-order chi connectivity index (χ0) is 22.2. The molecule has 1 fully saturated rings. The standard InChI is InChI=1S/C24H27ClN4O2/c1-19(24(31)29(13-7-12-26)21-9-3-2-4-10-21)27-14-16-28(17-15-27)23(30)18-20-8-5-6-11-22(20)25/h2-6,8-11,19H,7,13-18H2,1H3. The molecule has 1 saturated heterocycles. The number of carbonyl (C=O) groups excluding carboxylic acids is 2. The summed E-state index contributed by atoms with van der Waals surface area (Å²) in [6.07, 6.45) is 0.557. The maximum atomic E-state index is 13.2. The van der Waals surface area contributed by atoms with Gasteiger partial charge in [0.15, 0.2) is 0 Å². The molecule has 3 rings (SSSR count). The van der Waals surface area contributed by atoms with E-state index in [1.165, 1.54) is 0 Å². The van der Waals surface area contributed by atoms with Crippen LogP contribution >= 0.6 is 11.6 Å². The minimum Gasteiger partial charge on any atom is -0.340 e. The summed E-state index contributed by atoms with van der Waals surface area (Å²) in [5, 5.41) is 9.59. The monoisotopic (exact) mass is 438 g/mol. The summed E-state index contributed by atoms with van der Waals surface area (Å²) in [7, 11) is 0. The van der Waals surface area contributed by atoms with Crippen LogP contribution in [0.2, 0.25) is 5.02 Å². The molecule has 1 heterocycles. The summed E-state index contributed by atoms with van der Waals surface area (Å²) in [5.74, 6) is 0.0176. The van der Waals surface area contributed by atoms with Crippen LogP contribution in [0.1, 0.15) is 18.9 Å². The number of nitrogens with zero attached hydrogens (tertiary/aromatic N) is 4. The first kappa shape index (κ1) is 22.8. The smallest absolute Gasteiger partial charge is 0.244 e.